The SMILES string of the molecule is CCCNCCNc1ccc(Cl)cc1Cl. The Balaban J connectivity index is 2.31. The summed E-state index contributed by atoms with van der Waals surface area (Å²) < 4.78 is 0. The molecule has 2 N–H and O–H groups in total. The molecular formula is C11H16Cl2N2. The van der Waals surface area contributed by atoms with E-state index in [9.17, 15) is 0 Å². The van der Waals surface area contributed by atoms with Crippen molar-refractivity contribution < 1.29 is 0 Å². The van der Waals surface area contributed by atoms with E-state index >= 15 is 0 Å². The van der Waals surface area contributed by atoms with E-state index in [1.54, 1.807) is 6.07 Å². The summed E-state index contributed by atoms with van der Waals surface area (Å²) in [5.41, 5.74) is 0.930. The summed E-state index contributed by atoms with van der Waals surface area (Å²) in [6.45, 7) is 5.00. The van der Waals surface area contributed by atoms with Gasteiger partial charge >= 0.3 is 0 Å². The zero-order chi connectivity index (χ0) is 11.1. The summed E-state index contributed by atoms with van der Waals surface area (Å²) in [5.74, 6) is 0. The van der Waals surface area contributed by atoms with Gasteiger partial charge in [-0.3, -0.25) is 0 Å². The topological polar surface area (TPSA) is 24.1 Å². The lowest BCUT2D eigenvalue weighted by molar-refractivity contribution is 0.688. The first kappa shape index (κ1) is 12.6. The first-order chi connectivity index (χ1) is 7.24. The summed E-state index contributed by atoms with van der Waals surface area (Å²) in [5, 5.41) is 7.88. The lowest BCUT2D eigenvalue weighted by Gasteiger charge is -2.08. The van der Waals surface area contributed by atoms with Crippen molar-refractivity contribution in [3.05, 3.63) is 28.2 Å². The molecule has 0 radical (unpaired) electrons. The first-order valence-corrected chi connectivity index (χ1v) is 5.89. The number of nitrogens with one attached hydrogen (secondary N) is 2. The van der Waals surface area contributed by atoms with E-state index in [1.807, 2.05) is 12.1 Å². The van der Waals surface area contributed by atoms with E-state index in [4.69, 9.17) is 23.2 Å². The van der Waals surface area contributed by atoms with Gasteiger partial charge in [-0.1, -0.05) is 30.1 Å². The molecule has 15 heavy (non-hydrogen) atoms. The maximum Gasteiger partial charge on any atom is 0.0652 e. The van der Waals surface area contributed by atoms with Crippen molar-refractivity contribution in [2.24, 2.45) is 0 Å². The highest BCUT2D eigenvalue weighted by Gasteiger charge is 1.99. The Hall–Kier alpha value is -0.440. The van der Waals surface area contributed by atoms with E-state index in [2.05, 4.69) is 17.6 Å². The number of hydrogen-bond donors (Lipinski definition) is 2. The second kappa shape index (κ2) is 6.94. The van der Waals surface area contributed by atoms with Crippen LogP contribution in [-0.2, 0) is 0 Å². The molecule has 84 valence electrons. The second-order valence-electron chi connectivity index (χ2n) is 3.30. The van der Waals surface area contributed by atoms with Gasteiger partial charge in [0, 0.05) is 18.1 Å². The van der Waals surface area contributed by atoms with Crippen LogP contribution >= 0.6 is 23.2 Å². The van der Waals surface area contributed by atoms with E-state index < -0.39 is 0 Å². The number of halogens is 2. The average molecular weight is 247 g/mol. The molecule has 1 aromatic carbocycles. The second-order valence-corrected chi connectivity index (χ2v) is 4.14. The zero-order valence-electron chi connectivity index (χ0n) is 8.82. The van der Waals surface area contributed by atoms with Crippen molar-refractivity contribution >= 4 is 28.9 Å². The maximum absolute atomic E-state index is 6.00. The quantitative estimate of drug-likeness (QED) is 0.753. The minimum atomic E-state index is 0.662. The van der Waals surface area contributed by atoms with Crippen LogP contribution in [0.15, 0.2) is 18.2 Å². The summed E-state index contributed by atoms with van der Waals surface area (Å²) in [6.07, 6.45) is 1.15. The van der Waals surface area contributed by atoms with Crippen LogP contribution in [0.2, 0.25) is 10.0 Å². The van der Waals surface area contributed by atoms with Crippen LogP contribution in [0.3, 0.4) is 0 Å². The van der Waals surface area contributed by atoms with Gasteiger partial charge in [0.1, 0.15) is 0 Å². The molecule has 0 fully saturated rings. The Kier molecular flexibility index (Phi) is 5.84. The van der Waals surface area contributed by atoms with Crippen LogP contribution in [0, 0.1) is 0 Å². The Labute approximate surface area is 101 Å². The lowest BCUT2D eigenvalue weighted by atomic mass is 10.3. The van der Waals surface area contributed by atoms with Crippen LogP contribution in [0.25, 0.3) is 0 Å². The third kappa shape index (κ3) is 4.74. The summed E-state index contributed by atoms with van der Waals surface area (Å²) in [7, 11) is 0. The molecule has 0 aliphatic heterocycles. The lowest BCUT2D eigenvalue weighted by Crippen LogP contribution is -2.22. The minimum absolute atomic E-state index is 0.662. The largest absolute Gasteiger partial charge is 0.383 e. The highest BCUT2D eigenvalue weighted by atomic mass is 35.5. The monoisotopic (exact) mass is 246 g/mol. The van der Waals surface area contributed by atoms with Gasteiger partial charge in [-0.25, -0.2) is 0 Å². The zero-order valence-corrected chi connectivity index (χ0v) is 10.3. The van der Waals surface area contributed by atoms with Crippen molar-refractivity contribution in [2.45, 2.75) is 13.3 Å². The summed E-state index contributed by atoms with van der Waals surface area (Å²) in [4.78, 5) is 0. The van der Waals surface area contributed by atoms with Gasteiger partial charge in [0.25, 0.3) is 0 Å². The molecule has 0 amide bonds. The molecule has 0 atom stereocenters. The number of hydrogen-bond acceptors (Lipinski definition) is 2. The average Bonchev–Trinajstić information content (AvgIpc) is 2.20. The molecule has 0 saturated carbocycles. The van der Waals surface area contributed by atoms with Gasteiger partial charge in [0.2, 0.25) is 0 Å². The molecular weight excluding hydrogens is 231 g/mol. The van der Waals surface area contributed by atoms with Crippen molar-refractivity contribution in [1.29, 1.82) is 0 Å². The molecule has 0 aromatic heterocycles. The fourth-order valence-corrected chi connectivity index (χ4v) is 1.70. The predicted molar refractivity (Wildman–Crippen MR) is 68.1 cm³/mol. The molecule has 0 aliphatic rings. The van der Waals surface area contributed by atoms with Gasteiger partial charge in [-0.2, -0.15) is 0 Å². The molecule has 0 bridgehead atoms. The van der Waals surface area contributed by atoms with Gasteiger partial charge < -0.3 is 10.6 Å². The van der Waals surface area contributed by atoms with E-state index in [1.165, 1.54) is 0 Å². The molecule has 0 saturated heterocycles. The molecule has 0 spiro atoms. The Bertz CT molecular complexity index is 303. The fraction of sp³-hybridized carbons (Fsp3) is 0.455. The molecule has 1 aromatic rings. The van der Waals surface area contributed by atoms with Crippen molar-refractivity contribution in [3.63, 3.8) is 0 Å². The Morgan fingerprint density at radius 3 is 2.60 bits per heavy atom. The summed E-state index contributed by atoms with van der Waals surface area (Å²) >= 11 is 11.8. The van der Waals surface area contributed by atoms with Gasteiger partial charge in [-0.15, -0.1) is 0 Å². The van der Waals surface area contributed by atoms with Crippen LogP contribution in [0.5, 0.6) is 0 Å². The minimum Gasteiger partial charge on any atom is -0.383 e. The number of rotatable bonds is 6. The molecule has 0 unspecified atom stereocenters. The number of anilines is 1. The van der Waals surface area contributed by atoms with E-state index in [-0.39, 0.29) is 0 Å². The highest BCUT2D eigenvalue weighted by Crippen LogP contribution is 2.24. The van der Waals surface area contributed by atoms with Gasteiger partial charge in [0.15, 0.2) is 0 Å². The third-order valence-corrected chi connectivity index (χ3v) is 2.52. The smallest absolute Gasteiger partial charge is 0.0652 e. The standard InChI is InChI=1S/C11H16Cl2N2/c1-2-5-14-6-7-15-11-4-3-9(12)8-10(11)13/h3-4,8,14-15H,2,5-7H2,1H3. The predicted octanol–water partition coefficient (Wildman–Crippen LogP) is 3.40. The van der Waals surface area contributed by atoms with Crippen LogP contribution < -0.4 is 10.6 Å². The van der Waals surface area contributed by atoms with Crippen LogP contribution in [-0.4, -0.2) is 19.6 Å². The highest BCUT2D eigenvalue weighted by molar-refractivity contribution is 6.36. The fourth-order valence-electron chi connectivity index (χ4n) is 1.22. The molecule has 1 rings (SSSR count). The molecule has 0 aliphatic carbocycles. The van der Waals surface area contributed by atoms with Crippen molar-refractivity contribution in [1.82, 2.24) is 5.32 Å². The van der Waals surface area contributed by atoms with Crippen LogP contribution in [0.1, 0.15) is 13.3 Å². The van der Waals surface area contributed by atoms with E-state index in [0.717, 1.165) is 31.7 Å². The maximum atomic E-state index is 6.00. The normalized spacial score (nSPS) is 10.3. The first-order valence-electron chi connectivity index (χ1n) is 5.13. The number of benzene rings is 1. The van der Waals surface area contributed by atoms with E-state index in [0.29, 0.717) is 10.0 Å². The van der Waals surface area contributed by atoms with Crippen molar-refractivity contribution in [3.8, 4) is 0 Å². The molecule has 4 heteroatoms. The molecule has 2 nitrogen and oxygen atoms in total. The van der Waals surface area contributed by atoms with Crippen molar-refractivity contribution in [2.75, 3.05) is 25.0 Å². The third-order valence-electron chi connectivity index (χ3n) is 1.98. The van der Waals surface area contributed by atoms with Gasteiger partial charge in [-0.05, 0) is 31.2 Å². The Morgan fingerprint density at radius 1 is 1.13 bits per heavy atom. The molecule has 0 heterocycles. The Morgan fingerprint density at radius 2 is 1.93 bits per heavy atom. The van der Waals surface area contributed by atoms with Crippen LogP contribution in [0.4, 0.5) is 5.69 Å². The van der Waals surface area contributed by atoms with Gasteiger partial charge in [0.05, 0.1) is 10.7 Å². The summed E-state index contributed by atoms with van der Waals surface area (Å²) in [6, 6.07) is 5.46.